The maximum absolute atomic E-state index is 11.5. The fourth-order valence-electron chi connectivity index (χ4n) is 1.39. The predicted molar refractivity (Wildman–Crippen MR) is 58.0 cm³/mol. The van der Waals surface area contributed by atoms with Gasteiger partial charge in [0.2, 0.25) is 0 Å². The summed E-state index contributed by atoms with van der Waals surface area (Å²) in [6.07, 6.45) is -0.329. The number of carbonyl (C=O) groups excluding carboxylic acids is 1. The highest BCUT2D eigenvalue weighted by atomic mass is 35.5. The summed E-state index contributed by atoms with van der Waals surface area (Å²) in [4.78, 5) is 11.5. The van der Waals surface area contributed by atoms with E-state index in [1.165, 1.54) is 4.68 Å². The molecule has 1 heterocycles. The number of rotatable bonds is 4. The third kappa shape index (κ3) is 2.58. The SMILES string of the molecule is CCC(O)C(=O)Cc1c(C)nn(C)c1Cl. The van der Waals surface area contributed by atoms with E-state index in [-0.39, 0.29) is 12.2 Å². The molecule has 5 heteroatoms. The van der Waals surface area contributed by atoms with Gasteiger partial charge in [0.1, 0.15) is 11.3 Å². The van der Waals surface area contributed by atoms with Crippen molar-refractivity contribution < 1.29 is 9.90 Å². The topological polar surface area (TPSA) is 55.1 Å². The summed E-state index contributed by atoms with van der Waals surface area (Å²) >= 11 is 5.97. The van der Waals surface area contributed by atoms with Crippen LogP contribution in [-0.2, 0) is 18.3 Å². The molecule has 1 atom stereocenters. The Morgan fingerprint density at radius 1 is 1.67 bits per heavy atom. The van der Waals surface area contributed by atoms with Gasteiger partial charge in [-0.2, -0.15) is 5.10 Å². The minimum absolute atomic E-state index is 0.146. The average molecular weight is 231 g/mol. The lowest BCUT2D eigenvalue weighted by Gasteiger charge is -2.05. The van der Waals surface area contributed by atoms with Crippen LogP contribution < -0.4 is 0 Å². The first-order valence-corrected chi connectivity index (χ1v) is 5.23. The third-order valence-corrected chi connectivity index (χ3v) is 2.85. The lowest BCUT2D eigenvalue weighted by molar-refractivity contribution is -0.126. The van der Waals surface area contributed by atoms with Crippen molar-refractivity contribution in [3.05, 3.63) is 16.4 Å². The quantitative estimate of drug-likeness (QED) is 0.848. The molecular weight excluding hydrogens is 216 g/mol. The van der Waals surface area contributed by atoms with Crippen molar-refractivity contribution in [3.8, 4) is 0 Å². The van der Waals surface area contributed by atoms with Gasteiger partial charge in [0, 0.05) is 19.0 Å². The van der Waals surface area contributed by atoms with E-state index < -0.39 is 6.10 Å². The van der Waals surface area contributed by atoms with Gasteiger partial charge in [0.25, 0.3) is 0 Å². The summed E-state index contributed by atoms with van der Waals surface area (Å²) in [6, 6.07) is 0. The minimum atomic E-state index is -0.902. The number of aliphatic hydroxyl groups excluding tert-OH is 1. The molecule has 0 aromatic carbocycles. The number of halogens is 1. The maximum Gasteiger partial charge on any atom is 0.165 e. The van der Waals surface area contributed by atoms with Gasteiger partial charge in [-0.05, 0) is 13.3 Å². The standard InChI is InChI=1S/C10H15ClN2O2/c1-4-8(14)9(15)5-7-6(2)12-13(3)10(7)11/h8,14H,4-5H2,1-3H3. The third-order valence-electron chi connectivity index (χ3n) is 2.38. The second kappa shape index (κ2) is 4.77. The Morgan fingerprint density at radius 2 is 2.27 bits per heavy atom. The fraction of sp³-hybridized carbons (Fsp3) is 0.600. The Bertz CT molecular complexity index is 374. The van der Waals surface area contributed by atoms with Crippen LogP contribution in [0.25, 0.3) is 0 Å². The highest BCUT2D eigenvalue weighted by Crippen LogP contribution is 2.19. The zero-order chi connectivity index (χ0) is 11.6. The number of Topliss-reactive ketones (excluding diaryl/α,β-unsaturated/α-hetero) is 1. The van der Waals surface area contributed by atoms with Crippen LogP contribution in [0, 0.1) is 6.92 Å². The number of carbonyl (C=O) groups is 1. The molecule has 4 nitrogen and oxygen atoms in total. The molecule has 0 spiro atoms. The van der Waals surface area contributed by atoms with E-state index in [0.29, 0.717) is 17.1 Å². The van der Waals surface area contributed by atoms with Crippen molar-refractivity contribution in [3.63, 3.8) is 0 Å². The van der Waals surface area contributed by atoms with Gasteiger partial charge in [0.05, 0.1) is 5.69 Å². The molecule has 1 aromatic heterocycles. The van der Waals surface area contributed by atoms with Crippen molar-refractivity contribution in [2.45, 2.75) is 32.8 Å². The molecule has 0 aliphatic heterocycles. The maximum atomic E-state index is 11.5. The molecule has 0 saturated heterocycles. The Labute approximate surface area is 93.9 Å². The molecule has 0 radical (unpaired) electrons. The van der Waals surface area contributed by atoms with Crippen LogP contribution in [0.3, 0.4) is 0 Å². The van der Waals surface area contributed by atoms with Gasteiger partial charge < -0.3 is 5.11 Å². The van der Waals surface area contributed by atoms with E-state index in [4.69, 9.17) is 11.6 Å². The van der Waals surface area contributed by atoms with Gasteiger partial charge in [-0.1, -0.05) is 18.5 Å². The highest BCUT2D eigenvalue weighted by molar-refractivity contribution is 6.30. The summed E-state index contributed by atoms with van der Waals surface area (Å²) in [5.41, 5.74) is 1.44. The molecule has 0 saturated carbocycles. The van der Waals surface area contributed by atoms with Crippen molar-refractivity contribution in [1.29, 1.82) is 0 Å². The zero-order valence-electron chi connectivity index (χ0n) is 9.12. The van der Waals surface area contributed by atoms with Crippen LogP contribution in [0.4, 0.5) is 0 Å². The lowest BCUT2D eigenvalue weighted by Crippen LogP contribution is -2.21. The molecule has 1 rings (SSSR count). The number of aliphatic hydroxyl groups is 1. The molecule has 1 aromatic rings. The average Bonchev–Trinajstić information content (AvgIpc) is 2.43. The van der Waals surface area contributed by atoms with Crippen LogP contribution >= 0.6 is 11.6 Å². The number of hydrogen-bond donors (Lipinski definition) is 1. The molecule has 0 bridgehead atoms. The van der Waals surface area contributed by atoms with Gasteiger partial charge in [-0.3, -0.25) is 9.48 Å². The second-order valence-corrected chi connectivity index (χ2v) is 3.90. The molecule has 1 unspecified atom stereocenters. The number of aromatic nitrogens is 2. The first-order valence-electron chi connectivity index (χ1n) is 4.86. The Hall–Kier alpha value is -0.870. The molecule has 0 amide bonds. The summed E-state index contributed by atoms with van der Waals surface area (Å²) in [5, 5.41) is 13.9. The highest BCUT2D eigenvalue weighted by Gasteiger charge is 2.19. The smallest absolute Gasteiger partial charge is 0.165 e. The minimum Gasteiger partial charge on any atom is -0.385 e. The Balaban J connectivity index is 2.85. The van der Waals surface area contributed by atoms with Gasteiger partial charge in [-0.15, -0.1) is 0 Å². The van der Waals surface area contributed by atoms with E-state index >= 15 is 0 Å². The number of nitrogens with zero attached hydrogens (tertiary/aromatic N) is 2. The molecule has 0 aliphatic carbocycles. The van der Waals surface area contributed by atoms with E-state index in [9.17, 15) is 9.90 Å². The summed E-state index contributed by atoms with van der Waals surface area (Å²) in [7, 11) is 1.72. The number of aryl methyl sites for hydroxylation is 2. The molecule has 0 aliphatic rings. The molecule has 1 N–H and O–H groups in total. The Kier molecular flexibility index (Phi) is 3.88. The van der Waals surface area contributed by atoms with Gasteiger partial charge >= 0.3 is 0 Å². The first-order chi connectivity index (χ1) is 6.97. The first kappa shape index (κ1) is 12.2. The van der Waals surface area contributed by atoms with Crippen LogP contribution in [0.5, 0.6) is 0 Å². The zero-order valence-corrected chi connectivity index (χ0v) is 9.88. The van der Waals surface area contributed by atoms with Crippen LogP contribution in [0.1, 0.15) is 24.6 Å². The monoisotopic (exact) mass is 230 g/mol. The number of ketones is 1. The Morgan fingerprint density at radius 3 is 2.67 bits per heavy atom. The predicted octanol–water partition coefficient (Wildman–Crippen LogP) is 1.26. The normalized spacial score (nSPS) is 12.9. The van der Waals surface area contributed by atoms with Crippen molar-refractivity contribution in [1.82, 2.24) is 9.78 Å². The summed E-state index contributed by atoms with van der Waals surface area (Å²) < 4.78 is 1.53. The van der Waals surface area contributed by atoms with E-state index in [0.717, 1.165) is 5.69 Å². The summed E-state index contributed by atoms with van der Waals surface area (Å²) in [6.45, 7) is 3.56. The number of hydrogen-bond acceptors (Lipinski definition) is 3. The van der Waals surface area contributed by atoms with Crippen molar-refractivity contribution >= 4 is 17.4 Å². The molecule has 15 heavy (non-hydrogen) atoms. The molecule has 84 valence electrons. The fourth-order valence-corrected chi connectivity index (χ4v) is 1.64. The largest absolute Gasteiger partial charge is 0.385 e. The van der Waals surface area contributed by atoms with E-state index in [1.54, 1.807) is 20.9 Å². The summed E-state index contributed by atoms with van der Waals surface area (Å²) in [5.74, 6) is -0.212. The van der Waals surface area contributed by atoms with E-state index in [2.05, 4.69) is 5.10 Å². The van der Waals surface area contributed by atoms with Gasteiger partial charge in [-0.25, -0.2) is 0 Å². The molecule has 0 fully saturated rings. The van der Waals surface area contributed by atoms with Crippen molar-refractivity contribution in [2.75, 3.05) is 0 Å². The lowest BCUT2D eigenvalue weighted by atomic mass is 10.1. The van der Waals surface area contributed by atoms with Crippen molar-refractivity contribution in [2.24, 2.45) is 7.05 Å². The van der Waals surface area contributed by atoms with E-state index in [1.807, 2.05) is 0 Å². The van der Waals surface area contributed by atoms with Crippen LogP contribution in [0.15, 0.2) is 0 Å². The molecular formula is C10H15ClN2O2. The van der Waals surface area contributed by atoms with Crippen LogP contribution in [0.2, 0.25) is 5.15 Å². The second-order valence-electron chi connectivity index (χ2n) is 3.55. The van der Waals surface area contributed by atoms with Crippen LogP contribution in [-0.4, -0.2) is 26.8 Å². The van der Waals surface area contributed by atoms with Gasteiger partial charge in [0.15, 0.2) is 5.78 Å².